The minimum Gasteiger partial charge on any atom is -0.333 e. The van der Waals surface area contributed by atoms with Crippen molar-refractivity contribution in [3.63, 3.8) is 0 Å². The molecule has 0 aliphatic carbocycles. The number of hydrogen-bond acceptors (Lipinski definition) is 3. The number of rotatable bonds is 2. The van der Waals surface area contributed by atoms with Gasteiger partial charge in [0.2, 0.25) is 0 Å². The molecule has 2 aromatic heterocycles. The Morgan fingerprint density at radius 1 is 1.15 bits per heavy atom. The third-order valence-corrected chi connectivity index (χ3v) is 4.68. The number of amides is 1. The summed E-state index contributed by atoms with van der Waals surface area (Å²) in [4.78, 5) is 18.2. The van der Waals surface area contributed by atoms with Gasteiger partial charge in [-0.15, -0.1) is 0 Å². The van der Waals surface area contributed by atoms with Crippen LogP contribution in [0.3, 0.4) is 0 Å². The lowest BCUT2D eigenvalue weighted by molar-refractivity contribution is 0.0469. The van der Waals surface area contributed by atoms with E-state index in [1.807, 2.05) is 29.0 Å². The van der Waals surface area contributed by atoms with Crippen molar-refractivity contribution in [3.05, 3.63) is 59.9 Å². The summed E-state index contributed by atoms with van der Waals surface area (Å²) in [5.74, 6) is -0.416. The Morgan fingerprint density at radius 2 is 1.85 bits per heavy atom. The molecule has 0 radical (unpaired) electrons. The maximum absolute atomic E-state index is 13.6. The van der Waals surface area contributed by atoms with Crippen molar-refractivity contribution < 1.29 is 13.6 Å². The van der Waals surface area contributed by atoms with Crippen LogP contribution < -0.4 is 0 Å². The number of nitrogens with zero attached hydrogens (tertiary/aromatic N) is 4. The first-order valence-electron chi connectivity index (χ1n) is 8.60. The Hall–Kier alpha value is -3.27. The van der Waals surface area contributed by atoms with Crippen LogP contribution >= 0.6 is 0 Å². The van der Waals surface area contributed by atoms with Gasteiger partial charge in [-0.05, 0) is 36.4 Å². The summed E-state index contributed by atoms with van der Waals surface area (Å²) in [6.45, 7) is -0.187. The highest BCUT2D eigenvalue weighted by Crippen LogP contribution is 2.22. The quantitative estimate of drug-likeness (QED) is 0.698. The number of benzene rings is 1. The number of halogens is 2. The fourth-order valence-electron chi connectivity index (χ4n) is 3.37. The van der Waals surface area contributed by atoms with Crippen molar-refractivity contribution in [3.8, 4) is 11.8 Å². The highest BCUT2D eigenvalue weighted by atomic mass is 19.1. The van der Waals surface area contributed by atoms with Gasteiger partial charge in [0, 0.05) is 29.9 Å². The zero-order chi connectivity index (χ0) is 19.0. The van der Waals surface area contributed by atoms with E-state index >= 15 is 0 Å². The lowest BCUT2D eigenvalue weighted by Crippen LogP contribution is -2.45. The molecule has 0 N–H and O–H groups in total. The molecule has 0 saturated carbocycles. The zero-order valence-corrected chi connectivity index (χ0v) is 14.3. The minimum atomic E-state index is -1.34. The second kappa shape index (κ2) is 6.80. The van der Waals surface area contributed by atoms with Gasteiger partial charge in [0.25, 0.3) is 5.91 Å². The Morgan fingerprint density at radius 3 is 2.52 bits per heavy atom. The SMILES string of the molecule is N#Cc1ccc(-n2ccc3cc(C(=O)N4C[C@H](F)C[C@H](F)C4)cnc32)cc1. The fraction of sp³-hybridized carbons (Fsp3) is 0.250. The van der Waals surface area contributed by atoms with Crippen molar-refractivity contribution in [2.75, 3.05) is 13.1 Å². The second-order valence-electron chi connectivity index (χ2n) is 6.62. The van der Waals surface area contributed by atoms with Crippen LogP contribution in [-0.4, -0.2) is 45.8 Å². The molecule has 136 valence electrons. The number of nitriles is 1. The zero-order valence-electron chi connectivity index (χ0n) is 14.3. The van der Waals surface area contributed by atoms with E-state index < -0.39 is 18.3 Å². The lowest BCUT2D eigenvalue weighted by Gasteiger charge is -2.31. The molecule has 3 heterocycles. The normalized spacial score (nSPS) is 19.8. The first kappa shape index (κ1) is 17.2. The predicted octanol–water partition coefficient (Wildman–Crippen LogP) is 3.42. The van der Waals surface area contributed by atoms with Crippen LogP contribution in [0.25, 0.3) is 16.7 Å². The van der Waals surface area contributed by atoms with E-state index in [1.165, 1.54) is 11.1 Å². The average Bonchev–Trinajstić information content (AvgIpc) is 3.10. The highest BCUT2D eigenvalue weighted by molar-refractivity contribution is 5.97. The van der Waals surface area contributed by atoms with Gasteiger partial charge in [-0.1, -0.05) is 0 Å². The van der Waals surface area contributed by atoms with Crippen molar-refractivity contribution in [2.45, 2.75) is 18.8 Å². The molecule has 27 heavy (non-hydrogen) atoms. The van der Waals surface area contributed by atoms with Crippen LogP contribution in [0.5, 0.6) is 0 Å². The number of piperidine rings is 1. The van der Waals surface area contributed by atoms with Crippen molar-refractivity contribution in [1.29, 1.82) is 5.26 Å². The molecule has 2 atom stereocenters. The number of alkyl halides is 2. The van der Waals surface area contributed by atoms with Crippen molar-refractivity contribution in [1.82, 2.24) is 14.5 Å². The number of hydrogen-bond donors (Lipinski definition) is 0. The van der Waals surface area contributed by atoms with Gasteiger partial charge in [0.15, 0.2) is 0 Å². The van der Waals surface area contributed by atoms with Gasteiger partial charge in [-0.3, -0.25) is 4.79 Å². The number of carbonyl (C=O) groups is 1. The number of aromatic nitrogens is 2. The number of fused-ring (bicyclic) bond motifs is 1. The lowest BCUT2D eigenvalue weighted by atomic mass is 10.1. The van der Waals surface area contributed by atoms with Crippen LogP contribution in [0.15, 0.2) is 48.8 Å². The molecule has 4 rings (SSSR count). The van der Waals surface area contributed by atoms with E-state index in [0.717, 1.165) is 11.1 Å². The molecule has 1 aliphatic rings. The van der Waals surface area contributed by atoms with E-state index in [1.54, 1.807) is 18.2 Å². The van der Waals surface area contributed by atoms with Gasteiger partial charge in [-0.25, -0.2) is 13.8 Å². The summed E-state index contributed by atoms with van der Waals surface area (Å²) < 4.78 is 29.0. The topological polar surface area (TPSA) is 61.9 Å². The molecular formula is C20H16F2N4O. The molecule has 0 unspecified atom stereocenters. The third kappa shape index (κ3) is 3.26. The average molecular weight is 366 g/mol. The van der Waals surface area contributed by atoms with Crippen LogP contribution in [-0.2, 0) is 0 Å². The van der Waals surface area contributed by atoms with Gasteiger partial charge < -0.3 is 9.47 Å². The minimum absolute atomic E-state index is 0.0937. The van der Waals surface area contributed by atoms with E-state index in [2.05, 4.69) is 11.1 Å². The second-order valence-corrected chi connectivity index (χ2v) is 6.62. The van der Waals surface area contributed by atoms with Crippen LogP contribution in [0.4, 0.5) is 8.78 Å². The van der Waals surface area contributed by atoms with Crippen molar-refractivity contribution in [2.24, 2.45) is 0 Å². The van der Waals surface area contributed by atoms with E-state index in [-0.39, 0.29) is 19.5 Å². The molecular weight excluding hydrogens is 350 g/mol. The van der Waals surface area contributed by atoms with Crippen LogP contribution in [0.2, 0.25) is 0 Å². The maximum atomic E-state index is 13.6. The molecule has 7 heteroatoms. The summed E-state index contributed by atoms with van der Waals surface area (Å²) in [7, 11) is 0. The van der Waals surface area contributed by atoms with E-state index in [9.17, 15) is 13.6 Å². The van der Waals surface area contributed by atoms with Gasteiger partial charge >= 0.3 is 0 Å². The van der Waals surface area contributed by atoms with Gasteiger partial charge in [-0.2, -0.15) is 5.26 Å². The first-order chi connectivity index (χ1) is 13.0. The maximum Gasteiger partial charge on any atom is 0.255 e. The standard InChI is InChI=1S/C20H16F2N4O/c21-16-8-17(22)12-25(11-16)20(27)15-7-14-5-6-26(19(14)24-10-15)18-3-1-13(9-23)2-4-18/h1-7,10,16-17H,8,11-12H2/t16-,17+. The first-order valence-corrected chi connectivity index (χ1v) is 8.60. The Labute approximate surface area is 154 Å². The van der Waals surface area contributed by atoms with Crippen LogP contribution in [0.1, 0.15) is 22.3 Å². The molecule has 1 aliphatic heterocycles. The fourth-order valence-corrected chi connectivity index (χ4v) is 3.37. The summed E-state index contributed by atoms with van der Waals surface area (Å²) in [6.07, 6.45) is 0.413. The molecule has 1 amide bonds. The van der Waals surface area contributed by atoms with Crippen LogP contribution in [0, 0.1) is 11.3 Å². The van der Waals surface area contributed by atoms with Gasteiger partial charge in [0.1, 0.15) is 18.0 Å². The molecule has 0 spiro atoms. The van der Waals surface area contributed by atoms with Crippen molar-refractivity contribution >= 4 is 16.9 Å². The number of likely N-dealkylation sites (tertiary alicyclic amines) is 1. The largest absolute Gasteiger partial charge is 0.333 e. The van der Waals surface area contributed by atoms with E-state index in [0.29, 0.717) is 16.8 Å². The summed E-state index contributed by atoms with van der Waals surface area (Å²) >= 11 is 0. The third-order valence-electron chi connectivity index (χ3n) is 4.68. The molecule has 1 saturated heterocycles. The molecule has 1 aromatic carbocycles. The number of carbonyl (C=O) groups excluding carboxylic acids is 1. The van der Waals surface area contributed by atoms with Gasteiger partial charge in [0.05, 0.1) is 30.3 Å². The smallest absolute Gasteiger partial charge is 0.255 e. The Balaban J connectivity index is 1.64. The molecule has 5 nitrogen and oxygen atoms in total. The summed E-state index contributed by atoms with van der Waals surface area (Å²) in [6, 6.07) is 12.6. The Kier molecular flexibility index (Phi) is 4.32. The molecule has 3 aromatic rings. The molecule has 1 fully saturated rings. The predicted molar refractivity (Wildman–Crippen MR) is 96.1 cm³/mol. The summed E-state index contributed by atoms with van der Waals surface area (Å²) in [5, 5.41) is 9.65. The Bertz CT molecular complexity index is 1030. The molecule has 0 bridgehead atoms. The highest BCUT2D eigenvalue weighted by Gasteiger charge is 2.30. The summed E-state index contributed by atoms with van der Waals surface area (Å²) in [5.41, 5.74) is 2.37. The monoisotopic (exact) mass is 366 g/mol. The van der Waals surface area contributed by atoms with E-state index in [4.69, 9.17) is 5.26 Å². The number of pyridine rings is 1.